The van der Waals surface area contributed by atoms with Crippen molar-refractivity contribution in [3.8, 4) is 11.5 Å². The monoisotopic (exact) mass is 400 g/mol. The average molecular weight is 400 g/mol. The first-order chi connectivity index (χ1) is 14.5. The number of ether oxygens (including phenoxy) is 1. The van der Waals surface area contributed by atoms with E-state index in [4.69, 9.17) is 4.74 Å². The van der Waals surface area contributed by atoms with Crippen molar-refractivity contribution >= 4 is 29.1 Å². The fourth-order valence-corrected chi connectivity index (χ4v) is 3.28. The van der Waals surface area contributed by atoms with Crippen LogP contribution in [-0.4, -0.2) is 17.7 Å². The molecule has 0 radical (unpaired) electrons. The molecule has 150 valence electrons. The summed E-state index contributed by atoms with van der Waals surface area (Å²) in [6.45, 7) is 2.00. The molecule has 6 heteroatoms. The Balaban J connectivity index is 1.44. The van der Waals surface area contributed by atoms with Crippen LogP contribution in [0.25, 0.3) is 0 Å². The second-order valence-corrected chi connectivity index (χ2v) is 7.07. The number of imide groups is 1. The maximum atomic E-state index is 12.6. The average Bonchev–Trinajstić information content (AvgIpc) is 3.08. The van der Waals surface area contributed by atoms with Gasteiger partial charge in [0.05, 0.1) is 5.69 Å². The highest BCUT2D eigenvalue weighted by Gasteiger charge is 2.30. The third-order valence-corrected chi connectivity index (χ3v) is 4.76. The van der Waals surface area contributed by atoms with Gasteiger partial charge in [-0.25, -0.2) is 0 Å². The van der Waals surface area contributed by atoms with Crippen LogP contribution >= 0.6 is 0 Å². The highest BCUT2D eigenvalue weighted by molar-refractivity contribution is 6.20. The number of carbonyl (C=O) groups is 3. The third kappa shape index (κ3) is 4.22. The molecule has 3 aromatic carbocycles. The first-order valence-corrected chi connectivity index (χ1v) is 9.61. The van der Waals surface area contributed by atoms with Crippen LogP contribution in [0.2, 0.25) is 0 Å². The lowest BCUT2D eigenvalue weighted by atomic mass is 10.1. The van der Waals surface area contributed by atoms with Crippen molar-refractivity contribution < 1.29 is 19.1 Å². The Bertz CT molecular complexity index is 1110. The van der Waals surface area contributed by atoms with Crippen molar-refractivity contribution in [3.63, 3.8) is 0 Å². The Morgan fingerprint density at radius 1 is 0.867 bits per heavy atom. The van der Waals surface area contributed by atoms with Gasteiger partial charge < -0.3 is 10.1 Å². The zero-order chi connectivity index (χ0) is 21.1. The van der Waals surface area contributed by atoms with Gasteiger partial charge in [0.25, 0.3) is 5.91 Å². The van der Waals surface area contributed by atoms with Gasteiger partial charge in [-0.15, -0.1) is 0 Å². The number of nitrogens with one attached hydrogen (secondary N) is 1. The maximum absolute atomic E-state index is 12.6. The predicted octanol–water partition coefficient (Wildman–Crippen LogP) is 4.69. The van der Waals surface area contributed by atoms with Gasteiger partial charge in [0.15, 0.2) is 0 Å². The van der Waals surface area contributed by atoms with Gasteiger partial charge in [-0.1, -0.05) is 18.2 Å². The summed E-state index contributed by atoms with van der Waals surface area (Å²) in [5.74, 6) is 0.577. The van der Waals surface area contributed by atoms with Gasteiger partial charge in [0.1, 0.15) is 11.5 Å². The number of amides is 3. The lowest BCUT2D eigenvalue weighted by Gasteiger charge is -2.15. The molecule has 0 aliphatic carbocycles. The number of hydrogen-bond acceptors (Lipinski definition) is 4. The molecule has 0 bridgehead atoms. The lowest BCUT2D eigenvalue weighted by molar-refractivity contribution is -0.121. The van der Waals surface area contributed by atoms with Crippen LogP contribution < -0.4 is 15.0 Å². The van der Waals surface area contributed by atoms with Crippen molar-refractivity contribution in [3.05, 3.63) is 83.9 Å². The Morgan fingerprint density at radius 2 is 1.57 bits per heavy atom. The molecule has 1 N–H and O–H groups in total. The fraction of sp³-hybridized carbons (Fsp3) is 0.125. The topological polar surface area (TPSA) is 75.7 Å². The molecular formula is C24H20N2O4. The second kappa shape index (κ2) is 8.21. The summed E-state index contributed by atoms with van der Waals surface area (Å²) in [7, 11) is 0. The van der Waals surface area contributed by atoms with E-state index in [0.717, 1.165) is 16.2 Å². The molecule has 6 nitrogen and oxygen atoms in total. The van der Waals surface area contributed by atoms with Crippen LogP contribution in [0.15, 0.2) is 72.8 Å². The molecule has 0 unspecified atom stereocenters. The Labute approximate surface area is 174 Å². The van der Waals surface area contributed by atoms with Gasteiger partial charge in [0, 0.05) is 24.1 Å². The molecule has 1 fully saturated rings. The molecule has 0 spiro atoms. The number of nitrogens with zero attached hydrogens (tertiary/aromatic N) is 1. The summed E-state index contributed by atoms with van der Waals surface area (Å²) < 4.78 is 5.81. The van der Waals surface area contributed by atoms with Gasteiger partial charge in [-0.2, -0.15) is 0 Å². The number of rotatable bonds is 5. The van der Waals surface area contributed by atoms with Crippen LogP contribution in [-0.2, 0) is 9.59 Å². The van der Waals surface area contributed by atoms with Crippen LogP contribution in [0.5, 0.6) is 11.5 Å². The number of carbonyl (C=O) groups excluding carboxylic acids is 3. The first kappa shape index (κ1) is 19.4. The molecule has 1 aliphatic heterocycles. The van der Waals surface area contributed by atoms with Crippen molar-refractivity contribution in [1.82, 2.24) is 0 Å². The quantitative estimate of drug-likeness (QED) is 0.630. The van der Waals surface area contributed by atoms with E-state index in [1.54, 1.807) is 48.5 Å². The predicted molar refractivity (Wildman–Crippen MR) is 114 cm³/mol. The smallest absolute Gasteiger partial charge is 0.255 e. The molecule has 0 aromatic heterocycles. The van der Waals surface area contributed by atoms with Crippen LogP contribution in [0, 0.1) is 6.92 Å². The zero-order valence-corrected chi connectivity index (χ0v) is 16.4. The normalized spacial score (nSPS) is 13.4. The Hall–Kier alpha value is -3.93. The van der Waals surface area contributed by atoms with E-state index in [-0.39, 0.29) is 30.6 Å². The van der Waals surface area contributed by atoms with E-state index >= 15 is 0 Å². The minimum absolute atomic E-state index is 0.201. The van der Waals surface area contributed by atoms with E-state index in [0.29, 0.717) is 22.7 Å². The summed E-state index contributed by atoms with van der Waals surface area (Å²) >= 11 is 0. The highest BCUT2D eigenvalue weighted by Crippen LogP contribution is 2.25. The van der Waals surface area contributed by atoms with Crippen molar-refractivity contribution in [2.75, 3.05) is 10.2 Å². The van der Waals surface area contributed by atoms with Gasteiger partial charge in [-0.05, 0) is 67.1 Å². The minimum atomic E-state index is -0.330. The fourth-order valence-electron chi connectivity index (χ4n) is 3.28. The molecule has 4 rings (SSSR count). The molecule has 30 heavy (non-hydrogen) atoms. The van der Waals surface area contributed by atoms with Crippen LogP contribution in [0.1, 0.15) is 28.8 Å². The number of aryl methyl sites for hydroxylation is 1. The number of anilines is 2. The molecule has 1 saturated heterocycles. The minimum Gasteiger partial charge on any atom is -0.457 e. The standard InChI is InChI=1S/C24H20N2O4/c1-16-4-2-7-21(14-16)30-20-10-8-18(9-11-20)25-24(29)17-5-3-6-19(15-17)26-22(27)12-13-23(26)28/h2-11,14-15H,12-13H2,1H3,(H,25,29). The van der Waals surface area contributed by atoms with Gasteiger partial charge in [-0.3, -0.25) is 19.3 Å². The molecule has 1 aliphatic rings. The van der Waals surface area contributed by atoms with Gasteiger partial charge in [0.2, 0.25) is 11.8 Å². The Kier molecular flexibility index (Phi) is 5.30. The van der Waals surface area contributed by atoms with E-state index in [1.807, 2.05) is 31.2 Å². The molecule has 1 heterocycles. The lowest BCUT2D eigenvalue weighted by Crippen LogP contribution is -2.28. The summed E-state index contributed by atoms with van der Waals surface area (Å²) in [4.78, 5) is 37.6. The zero-order valence-electron chi connectivity index (χ0n) is 16.4. The number of benzene rings is 3. The van der Waals surface area contributed by atoms with Crippen LogP contribution in [0.3, 0.4) is 0 Å². The summed E-state index contributed by atoms with van der Waals surface area (Å²) in [6.07, 6.45) is 0.401. The second-order valence-electron chi connectivity index (χ2n) is 7.07. The summed E-state index contributed by atoms with van der Waals surface area (Å²) in [5.41, 5.74) is 2.49. The summed E-state index contributed by atoms with van der Waals surface area (Å²) in [5, 5.41) is 2.82. The van der Waals surface area contributed by atoms with Gasteiger partial charge >= 0.3 is 0 Å². The highest BCUT2D eigenvalue weighted by atomic mass is 16.5. The SMILES string of the molecule is Cc1cccc(Oc2ccc(NC(=O)c3cccc(N4C(=O)CCC4=O)c3)cc2)c1. The molecule has 3 amide bonds. The number of hydrogen-bond donors (Lipinski definition) is 1. The van der Waals surface area contributed by atoms with Crippen LogP contribution in [0.4, 0.5) is 11.4 Å². The van der Waals surface area contributed by atoms with E-state index in [9.17, 15) is 14.4 Å². The van der Waals surface area contributed by atoms with E-state index in [2.05, 4.69) is 5.32 Å². The maximum Gasteiger partial charge on any atom is 0.255 e. The first-order valence-electron chi connectivity index (χ1n) is 9.61. The Morgan fingerprint density at radius 3 is 2.27 bits per heavy atom. The molecule has 3 aromatic rings. The molecular weight excluding hydrogens is 380 g/mol. The molecule has 0 atom stereocenters. The third-order valence-electron chi connectivity index (χ3n) is 4.76. The van der Waals surface area contributed by atoms with Crippen molar-refractivity contribution in [2.24, 2.45) is 0 Å². The molecule has 0 saturated carbocycles. The van der Waals surface area contributed by atoms with Crippen molar-refractivity contribution in [1.29, 1.82) is 0 Å². The van der Waals surface area contributed by atoms with E-state index in [1.165, 1.54) is 0 Å². The largest absolute Gasteiger partial charge is 0.457 e. The van der Waals surface area contributed by atoms with E-state index < -0.39 is 0 Å². The van der Waals surface area contributed by atoms with Crippen molar-refractivity contribution in [2.45, 2.75) is 19.8 Å². The summed E-state index contributed by atoms with van der Waals surface area (Å²) in [6, 6.07) is 21.3.